The molecule has 1 fully saturated rings. The molecule has 0 aliphatic carbocycles. The van der Waals surface area contributed by atoms with Crippen LogP contribution in [0.15, 0.2) is 47.4 Å². The molecule has 0 aromatic heterocycles. The van der Waals surface area contributed by atoms with Gasteiger partial charge in [-0.1, -0.05) is 29.8 Å². The minimum Gasteiger partial charge on any atom is -0.401 e. The average molecular weight is 464 g/mol. The topological polar surface area (TPSA) is 70.7 Å². The van der Waals surface area contributed by atoms with Crippen LogP contribution in [0.2, 0.25) is 5.02 Å². The summed E-state index contributed by atoms with van der Waals surface area (Å²) in [5.41, 5.74) is -0.465. The van der Waals surface area contributed by atoms with E-state index in [-0.39, 0.29) is 27.3 Å². The summed E-state index contributed by atoms with van der Waals surface area (Å²) in [6, 6.07) is 9.65. The molecule has 11 heteroatoms. The predicted molar refractivity (Wildman–Crippen MR) is 110 cm³/mol. The Balaban J connectivity index is 1.98. The van der Waals surface area contributed by atoms with Crippen LogP contribution in [0.5, 0.6) is 5.75 Å². The molecule has 30 heavy (non-hydrogen) atoms. The van der Waals surface area contributed by atoms with Crippen molar-refractivity contribution in [3.05, 3.63) is 47.5 Å². The lowest BCUT2D eigenvalue weighted by atomic mass is 10.0. The van der Waals surface area contributed by atoms with Crippen molar-refractivity contribution in [2.45, 2.75) is 30.1 Å². The zero-order chi connectivity index (χ0) is 21.9. The number of hydrogen-bond donors (Lipinski definition) is 2. The number of nitrogens with one attached hydrogen (secondary N) is 2. The first kappa shape index (κ1) is 22.5. The molecule has 6 nitrogen and oxygen atoms in total. The van der Waals surface area contributed by atoms with Crippen molar-refractivity contribution in [2.75, 3.05) is 30.2 Å². The van der Waals surface area contributed by atoms with Crippen LogP contribution in [-0.4, -0.2) is 45.9 Å². The van der Waals surface area contributed by atoms with Gasteiger partial charge in [0.15, 0.2) is 5.75 Å². The zero-order valence-electron chi connectivity index (χ0n) is 16.0. The largest absolute Gasteiger partial charge is 0.573 e. The van der Waals surface area contributed by atoms with Crippen LogP contribution in [0.1, 0.15) is 12.8 Å². The first-order valence-electron chi connectivity index (χ1n) is 9.16. The molecule has 1 heterocycles. The molecule has 0 radical (unpaired) electrons. The summed E-state index contributed by atoms with van der Waals surface area (Å²) in [5, 5.41) is 3.00. The monoisotopic (exact) mass is 463 g/mol. The van der Waals surface area contributed by atoms with E-state index in [4.69, 9.17) is 11.6 Å². The number of ether oxygens (including phenoxy) is 1. The van der Waals surface area contributed by atoms with Crippen molar-refractivity contribution < 1.29 is 26.3 Å². The molecular formula is C19H21ClF3N3O3S. The van der Waals surface area contributed by atoms with Gasteiger partial charge in [0.25, 0.3) is 10.0 Å². The molecule has 164 valence electrons. The highest BCUT2D eigenvalue weighted by atomic mass is 35.5. The molecular weight excluding hydrogens is 443 g/mol. The third-order valence-electron chi connectivity index (χ3n) is 4.69. The Labute approximate surface area is 178 Å². The molecule has 0 atom stereocenters. The molecule has 2 aromatic rings. The Hall–Kier alpha value is -2.17. The molecule has 1 saturated heterocycles. The third-order valence-corrected chi connectivity index (χ3v) is 6.39. The maximum Gasteiger partial charge on any atom is 0.573 e. The minimum absolute atomic E-state index is 0.00385. The van der Waals surface area contributed by atoms with Gasteiger partial charge in [-0.05, 0) is 57.2 Å². The number of benzene rings is 2. The fraction of sp³-hybridized carbons (Fsp3) is 0.368. The van der Waals surface area contributed by atoms with Crippen LogP contribution >= 0.6 is 11.6 Å². The van der Waals surface area contributed by atoms with Crippen LogP contribution in [0.3, 0.4) is 0 Å². The van der Waals surface area contributed by atoms with Crippen molar-refractivity contribution in [2.24, 2.45) is 0 Å². The Morgan fingerprint density at radius 2 is 1.73 bits per heavy atom. The zero-order valence-corrected chi connectivity index (χ0v) is 17.6. The van der Waals surface area contributed by atoms with Crippen LogP contribution in [0, 0.1) is 0 Å². The van der Waals surface area contributed by atoms with Gasteiger partial charge in [-0.3, -0.25) is 4.72 Å². The Morgan fingerprint density at radius 1 is 1.10 bits per heavy atom. The third kappa shape index (κ3) is 5.71. The molecule has 0 saturated carbocycles. The highest BCUT2D eigenvalue weighted by Gasteiger charge is 2.35. The molecule has 1 aliphatic heterocycles. The normalized spacial score (nSPS) is 16.3. The van der Waals surface area contributed by atoms with E-state index in [9.17, 15) is 21.6 Å². The van der Waals surface area contributed by atoms with Crippen LogP contribution < -0.4 is 14.8 Å². The molecule has 0 amide bonds. The van der Waals surface area contributed by atoms with Gasteiger partial charge >= 0.3 is 6.36 Å². The number of nitrogens with zero attached hydrogens (tertiary/aromatic N) is 1. The first-order valence-corrected chi connectivity index (χ1v) is 11.0. The molecule has 2 N–H and O–H groups in total. The Kier molecular flexibility index (Phi) is 6.68. The number of rotatable bonds is 6. The highest BCUT2D eigenvalue weighted by molar-refractivity contribution is 7.92. The molecule has 3 rings (SSSR count). The van der Waals surface area contributed by atoms with Gasteiger partial charge < -0.3 is 15.0 Å². The van der Waals surface area contributed by atoms with Gasteiger partial charge in [-0.15, -0.1) is 13.2 Å². The van der Waals surface area contributed by atoms with E-state index in [1.807, 2.05) is 7.05 Å². The van der Waals surface area contributed by atoms with E-state index >= 15 is 0 Å². The standard InChI is InChI=1S/C19H21ClF3N3O3S/c1-26-11-9-13(10-12-26)24-17-15(20)7-8-16(18(17)29-19(21,22)23)25-30(27,28)14-5-3-2-4-6-14/h2-8,13,24-25H,9-12H2,1H3. The van der Waals surface area contributed by atoms with Gasteiger partial charge in [0.05, 0.1) is 21.3 Å². The van der Waals surface area contributed by atoms with E-state index in [1.54, 1.807) is 6.07 Å². The molecule has 1 aliphatic rings. The number of likely N-dealkylation sites (tertiary alicyclic amines) is 1. The highest BCUT2D eigenvalue weighted by Crippen LogP contribution is 2.43. The van der Waals surface area contributed by atoms with Gasteiger partial charge in [-0.25, -0.2) is 8.42 Å². The summed E-state index contributed by atoms with van der Waals surface area (Å²) >= 11 is 6.17. The minimum atomic E-state index is -5.04. The van der Waals surface area contributed by atoms with E-state index < -0.39 is 22.1 Å². The van der Waals surface area contributed by atoms with Gasteiger partial charge in [0, 0.05) is 6.04 Å². The van der Waals surface area contributed by atoms with Gasteiger partial charge in [0.2, 0.25) is 0 Å². The number of sulfonamides is 1. The summed E-state index contributed by atoms with van der Waals surface area (Å²) in [6.45, 7) is 1.54. The van der Waals surface area contributed by atoms with Gasteiger partial charge in [-0.2, -0.15) is 0 Å². The van der Waals surface area contributed by atoms with Crippen molar-refractivity contribution in [1.29, 1.82) is 0 Å². The number of piperidine rings is 1. The summed E-state index contributed by atoms with van der Waals surface area (Å²) in [5.74, 6) is -0.714. The van der Waals surface area contributed by atoms with Crippen molar-refractivity contribution in [1.82, 2.24) is 4.90 Å². The summed E-state index contributed by atoms with van der Waals surface area (Å²) in [4.78, 5) is 2.01. The summed E-state index contributed by atoms with van der Waals surface area (Å²) in [6.07, 6.45) is -3.66. The lowest BCUT2D eigenvalue weighted by Gasteiger charge is -2.31. The second-order valence-electron chi connectivity index (χ2n) is 6.99. The fourth-order valence-corrected chi connectivity index (χ4v) is 4.44. The molecule has 0 bridgehead atoms. The molecule has 0 unspecified atom stereocenters. The second-order valence-corrected chi connectivity index (χ2v) is 9.08. The SMILES string of the molecule is CN1CCC(Nc2c(Cl)ccc(NS(=O)(=O)c3ccccc3)c2OC(F)(F)F)CC1. The maximum atomic E-state index is 13.1. The molecule has 2 aromatic carbocycles. The lowest BCUT2D eigenvalue weighted by Crippen LogP contribution is -2.37. The summed E-state index contributed by atoms with van der Waals surface area (Å²) in [7, 11) is -2.18. The van der Waals surface area contributed by atoms with Crippen LogP contribution in [0.25, 0.3) is 0 Å². The van der Waals surface area contributed by atoms with E-state index in [2.05, 4.69) is 19.7 Å². The number of anilines is 2. The van der Waals surface area contributed by atoms with E-state index in [1.165, 1.54) is 30.3 Å². The lowest BCUT2D eigenvalue weighted by molar-refractivity contribution is -0.274. The van der Waals surface area contributed by atoms with Crippen molar-refractivity contribution >= 4 is 33.0 Å². The Morgan fingerprint density at radius 3 is 2.33 bits per heavy atom. The smallest absolute Gasteiger partial charge is 0.401 e. The first-order chi connectivity index (χ1) is 14.0. The second kappa shape index (κ2) is 8.91. The maximum absolute atomic E-state index is 13.1. The number of hydrogen-bond acceptors (Lipinski definition) is 5. The van der Waals surface area contributed by atoms with E-state index in [0.29, 0.717) is 12.8 Å². The van der Waals surface area contributed by atoms with Crippen molar-refractivity contribution in [3.8, 4) is 5.75 Å². The van der Waals surface area contributed by atoms with E-state index in [0.717, 1.165) is 19.2 Å². The number of alkyl halides is 3. The average Bonchev–Trinajstić information content (AvgIpc) is 2.68. The van der Waals surface area contributed by atoms with Gasteiger partial charge in [0.1, 0.15) is 0 Å². The Bertz CT molecular complexity index is 980. The fourth-order valence-electron chi connectivity index (χ4n) is 3.16. The quantitative estimate of drug-likeness (QED) is 0.658. The van der Waals surface area contributed by atoms with Crippen LogP contribution in [0.4, 0.5) is 24.5 Å². The summed E-state index contributed by atoms with van der Waals surface area (Å²) < 4.78 is 71.1. The van der Waals surface area contributed by atoms with Crippen LogP contribution in [-0.2, 0) is 10.0 Å². The predicted octanol–water partition coefficient (Wildman–Crippen LogP) is 4.55. The molecule has 0 spiro atoms. The van der Waals surface area contributed by atoms with Crippen molar-refractivity contribution in [3.63, 3.8) is 0 Å². The number of halogens is 4.